The fourth-order valence-corrected chi connectivity index (χ4v) is 9.25. The Labute approximate surface area is 291 Å². The number of amides is 5. The fraction of sp³-hybridized carbons (Fsp3) is 0.853. The van der Waals surface area contributed by atoms with Crippen LogP contribution in [0.4, 0.5) is 4.79 Å². The third-order valence-corrected chi connectivity index (χ3v) is 13.0. The van der Waals surface area contributed by atoms with Gasteiger partial charge in [-0.2, -0.15) is 0 Å². The lowest BCUT2D eigenvalue weighted by atomic mass is 9.83. The van der Waals surface area contributed by atoms with Gasteiger partial charge in [-0.1, -0.05) is 78.1 Å². The molecule has 4 rings (SSSR count). The average Bonchev–Trinajstić information content (AvgIpc) is 3.88. The van der Waals surface area contributed by atoms with E-state index in [9.17, 15) is 32.4 Å². The summed E-state index contributed by atoms with van der Waals surface area (Å²) >= 11 is 0. The van der Waals surface area contributed by atoms with Crippen LogP contribution in [0.15, 0.2) is 0 Å². The molecule has 0 unspecified atom stereocenters. The van der Waals surface area contributed by atoms with Crippen LogP contribution >= 0.6 is 0 Å². The molecule has 1 saturated heterocycles. The van der Waals surface area contributed by atoms with E-state index in [0.717, 1.165) is 36.6 Å². The van der Waals surface area contributed by atoms with Gasteiger partial charge < -0.3 is 26.2 Å². The van der Waals surface area contributed by atoms with Gasteiger partial charge in [-0.05, 0) is 54.3 Å². The molecule has 1 heterocycles. The van der Waals surface area contributed by atoms with Crippen molar-refractivity contribution in [2.24, 2.45) is 28.6 Å². The molecular formula is C34H58N6O8S. The maximum absolute atomic E-state index is 14.4. The maximum atomic E-state index is 14.4. The Hall–Kier alpha value is -2.78. The molecule has 14 nitrogen and oxygen atoms in total. The fourth-order valence-electron chi connectivity index (χ4n) is 7.78. The minimum atomic E-state index is -3.86. The summed E-state index contributed by atoms with van der Waals surface area (Å²) in [5.41, 5.74) is -2.03. The van der Waals surface area contributed by atoms with Crippen molar-refractivity contribution in [1.29, 1.82) is 0 Å². The van der Waals surface area contributed by atoms with E-state index in [4.69, 9.17) is 4.84 Å². The number of ketones is 1. The summed E-state index contributed by atoms with van der Waals surface area (Å²) < 4.78 is 26.8. The number of hydrogen-bond donors (Lipinski definition) is 4. The van der Waals surface area contributed by atoms with Gasteiger partial charge in [-0.3, -0.25) is 24.0 Å². The highest BCUT2D eigenvalue weighted by Gasteiger charge is 2.70. The zero-order chi connectivity index (χ0) is 36.5. The normalized spacial score (nSPS) is 25.5. The highest BCUT2D eigenvalue weighted by atomic mass is 32.2. The molecular weight excluding hydrogens is 652 g/mol. The molecule has 4 aliphatic rings. The first kappa shape index (κ1) is 39.0. The second-order valence-corrected chi connectivity index (χ2v) is 18.3. The Morgan fingerprint density at radius 2 is 1.65 bits per heavy atom. The first-order valence-corrected chi connectivity index (χ1v) is 19.4. The Morgan fingerprint density at radius 3 is 2.20 bits per heavy atom. The molecule has 4 fully saturated rings. The number of sulfonamides is 1. The zero-order valence-corrected chi connectivity index (χ0v) is 31.3. The van der Waals surface area contributed by atoms with Gasteiger partial charge in [0.25, 0.3) is 5.91 Å². The number of likely N-dealkylation sites (tertiary alicyclic amines) is 1. The monoisotopic (exact) mass is 710 g/mol. The molecule has 5 atom stereocenters. The number of nitrogens with zero attached hydrogens (tertiary/aromatic N) is 2. The zero-order valence-electron chi connectivity index (χ0n) is 30.5. The Bertz CT molecular complexity index is 1380. The van der Waals surface area contributed by atoms with Gasteiger partial charge in [-0.15, -0.1) is 0 Å². The summed E-state index contributed by atoms with van der Waals surface area (Å²) in [7, 11) is -1.29. The van der Waals surface area contributed by atoms with E-state index in [0.29, 0.717) is 38.8 Å². The Morgan fingerprint density at radius 1 is 1.02 bits per heavy atom. The smallest absolute Gasteiger partial charge is 0.315 e. The minimum absolute atomic E-state index is 0.0561. The number of carbonyl (C=O) groups excluding carboxylic acids is 5. The number of Topliss-reactive ketones (excluding diaryl/α,β-unsaturated/α-hetero) is 1. The molecule has 1 aliphatic heterocycles. The predicted molar refractivity (Wildman–Crippen MR) is 183 cm³/mol. The lowest BCUT2D eigenvalue weighted by molar-refractivity contribution is -0.145. The number of urea groups is 1. The van der Waals surface area contributed by atoms with E-state index >= 15 is 0 Å². The number of rotatable bonds is 15. The molecule has 278 valence electrons. The summed E-state index contributed by atoms with van der Waals surface area (Å²) in [6, 6.07) is -3.58. The lowest BCUT2D eigenvalue weighted by Gasteiger charge is -2.41. The first-order valence-electron chi connectivity index (χ1n) is 17.8. The number of hydroxylamine groups is 1. The van der Waals surface area contributed by atoms with E-state index in [1.165, 1.54) is 19.1 Å². The topological polar surface area (TPSA) is 183 Å². The summed E-state index contributed by atoms with van der Waals surface area (Å²) in [6.45, 7) is 12.1. The van der Waals surface area contributed by atoms with E-state index in [-0.39, 0.29) is 28.9 Å². The highest BCUT2D eigenvalue weighted by molar-refractivity contribution is 7.89. The molecule has 3 saturated carbocycles. The van der Waals surface area contributed by atoms with Crippen LogP contribution in [0.25, 0.3) is 0 Å². The SMILES string of the molecule is CCCNC(=O)C(=O)[C@H](CC1CC1)NC(=O)[C@@H]1[C@@H]2[C@H](CN1C(=O)[C@@H](NC(=O)NC1(CS(=O)(=O)N(C)OC)CCCCC1)C(C)(C)C)C2(C)C. The lowest BCUT2D eigenvalue weighted by Crippen LogP contribution is -2.64. The van der Waals surface area contributed by atoms with Crippen molar-refractivity contribution in [3.05, 3.63) is 0 Å². The van der Waals surface area contributed by atoms with Crippen LogP contribution in [0.3, 0.4) is 0 Å². The van der Waals surface area contributed by atoms with E-state index < -0.39 is 68.6 Å². The minimum Gasteiger partial charge on any atom is -0.349 e. The summed E-state index contributed by atoms with van der Waals surface area (Å²) in [5, 5.41) is 11.3. The number of hydrogen-bond acceptors (Lipinski definition) is 8. The van der Waals surface area contributed by atoms with Gasteiger partial charge in [0.15, 0.2) is 0 Å². The number of piperidine rings is 1. The van der Waals surface area contributed by atoms with E-state index in [1.54, 1.807) is 0 Å². The van der Waals surface area contributed by atoms with Crippen molar-refractivity contribution in [3.8, 4) is 0 Å². The van der Waals surface area contributed by atoms with Gasteiger partial charge in [-0.25, -0.2) is 13.2 Å². The van der Waals surface area contributed by atoms with Crippen LogP contribution in [0.1, 0.15) is 99.3 Å². The second kappa shape index (κ2) is 14.8. The maximum Gasteiger partial charge on any atom is 0.315 e. The van der Waals surface area contributed by atoms with Crippen molar-refractivity contribution < 1.29 is 37.2 Å². The second-order valence-electron chi connectivity index (χ2n) is 16.3. The first-order chi connectivity index (χ1) is 22.8. The molecule has 0 radical (unpaired) electrons. The Balaban J connectivity index is 1.54. The molecule has 3 aliphatic carbocycles. The number of fused-ring (bicyclic) bond motifs is 1. The van der Waals surface area contributed by atoms with Crippen LogP contribution in [0.2, 0.25) is 0 Å². The molecule has 15 heteroatoms. The van der Waals surface area contributed by atoms with E-state index in [1.807, 2.05) is 27.7 Å². The van der Waals surface area contributed by atoms with E-state index in [2.05, 4.69) is 35.1 Å². The predicted octanol–water partition coefficient (Wildman–Crippen LogP) is 2.09. The highest BCUT2D eigenvalue weighted by Crippen LogP contribution is 2.65. The van der Waals surface area contributed by atoms with Crippen LogP contribution in [0, 0.1) is 28.6 Å². The standard InChI is InChI=1S/C34H58N6O8S/c1-9-17-35-29(43)26(41)23(18-21-13-14-21)36-28(42)25-24-22(33(24,5)6)19-40(25)30(44)27(32(2,3)4)37-31(45)38-34(15-11-10-12-16-34)20-49(46,47)39(7)48-8/h21-25,27H,9-20H2,1-8H3,(H,35,43)(H,36,42)(H2,37,38,45)/t22-,23-,24-,25-,27+/m0/s1. The summed E-state index contributed by atoms with van der Waals surface area (Å²) in [5.74, 6) is -2.50. The van der Waals surface area contributed by atoms with Gasteiger partial charge in [0.05, 0.1) is 24.4 Å². The molecule has 0 aromatic heterocycles. The van der Waals surface area contributed by atoms with Crippen molar-refractivity contribution in [2.75, 3.05) is 33.0 Å². The molecule has 0 spiro atoms. The van der Waals surface area contributed by atoms with Crippen molar-refractivity contribution in [2.45, 2.75) is 123 Å². The van der Waals surface area contributed by atoms with Gasteiger partial charge in [0.2, 0.25) is 27.6 Å². The molecule has 5 amide bonds. The number of carbonyl (C=O) groups is 5. The quantitative estimate of drug-likeness (QED) is 0.147. The molecule has 4 N–H and O–H groups in total. The molecule has 49 heavy (non-hydrogen) atoms. The third kappa shape index (κ3) is 8.94. The largest absolute Gasteiger partial charge is 0.349 e. The third-order valence-electron chi connectivity index (χ3n) is 11.1. The average molecular weight is 711 g/mol. The number of nitrogens with one attached hydrogen (secondary N) is 4. The van der Waals surface area contributed by atoms with Gasteiger partial charge in [0, 0.05) is 20.1 Å². The molecule has 0 aromatic rings. The summed E-state index contributed by atoms with van der Waals surface area (Å²) in [6.07, 6.45) is 6.20. The van der Waals surface area contributed by atoms with Crippen LogP contribution in [0.5, 0.6) is 0 Å². The van der Waals surface area contributed by atoms with Gasteiger partial charge >= 0.3 is 6.03 Å². The Kier molecular flexibility index (Phi) is 11.8. The molecule has 0 aromatic carbocycles. The van der Waals surface area contributed by atoms with Crippen LogP contribution in [-0.2, 0) is 34.0 Å². The van der Waals surface area contributed by atoms with Crippen molar-refractivity contribution in [1.82, 2.24) is 30.6 Å². The van der Waals surface area contributed by atoms with Crippen molar-refractivity contribution in [3.63, 3.8) is 0 Å². The van der Waals surface area contributed by atoms with Crippen LogP contribution in [-0.4, -0.2) is 104 Å². The summed E-state index contributed by atoms with van der Waals surface area (Å²) in [4.78, 5) is 74.5. The van der Waals surface area contributed by atoms with Crippen molar-refractivity contribution >= 4 is 39.6 Å². The van der Waals surface area contributed by atoms with Gasteiger partial charge in [0.1, 0.15) is 12.1 Å². The van der Waals surface area contributed by atoms with Crippen LogP contribution < -0.4 is 21.3 Å². The molecule has 0 bridgehead atoms.